The molecule has 178 valence electrons. The van der Waals surface area contributed by atoms with Gasteiger partial charge in [0.15, 0.2) is 17.1 Å². The normalized spacial score (nSPS) is 25.8. The molecule has 1 aromatic carbocycles. The number of imide groups is 2. The van der Waals surface area contributed by atoms with Crippen LogP contribution in [0.3, 0.4) is 0 Å². The summed E-state index contributed by atoms with van der Waals surface area (Å²) in [5.41, 5.74) is 4.31. The van der Waals surface area contributed by atoms with E-state index in [1.807, 2.05) is 0 Å². The van der Waals surface area contributed by atoms with Gasteiger partial charge in [-0.1, -0.05) is 5.16 Å². The number of nitrogens with two attached hydrogens (primary N) is 1. The van der Waals surface area contributed by atoms with Gasteiger partial charge in [-0.3, -0.25) is 25.1 Å². The molecule has 1 aromatic heterocycles. The van der Waals surface area contributed by atoms with Crippen LogP contribution in [0.2, 0.25) is 0 Å². The zero-order valence-corrected chi connectivity index (χ0v) is 17.6. The molecule has 14 heteroatoms. The topological polar surface area (TPSA) is 169 Å². The first kappa shape index (κ1) is 20.8. The van der Waals surface area contributed by atoms with Crippen molar-refractivity contribution >= 4 is 46.4 Å². The van der Waals surface area contributed by atoms with Crippen LogP contribution in [-0.4, -0.2) is 74.1 Å². The molecule has 0 bridgehead atoms. The molecule has 0 radical (unpaired) electrons. The number of morpholine rings is 1. The van der Waals surface area contributed by atoms with E-state index in [4.69, 9.17) is 19.7 Å². The minimum absolute atomic E-state index is 0.0224. The van der Waals surface area contributed by atoms with Gasteiger partial charge >= 0.3 is 12.1 Å². The highest BCUT2D eigenvalue weighted by Gasteiger charge is 2.61. The van der Waals surface area contributed by atoms with Crippen molar-refractivity contribution in [2.75, 3.05) is 42.7 Å². The Labute approximate surface area is 190 Å². The van der Waals surface area contributed by atoms with Crippen molar-refractivity contribution in [1.82, 2.24) is 15.8 Å². The summed E-state index contributed by atoms with van der Waals surface area (Å²) < 4.78 is 31.8. The van der Waals surface area contributed by atoms with Crippen molar-refractivity contribution in [3.8, 4) is 0 Å². The summed E-state index contributed by atoms with van der Waals surface area (Å²) in [6.07, 6.45) is -0.905. The van der Waals surface area contributed by atoms with E-state index in [-0.39, 0.29) is 61.8 Å². The molecule has 34 heavy (non-hydrogen) atoms. The van der Waals surface area contributed by atoms with E-state index in [1.54, 1.807) is 11.0 Å². The van der Waals surface area contributed by atoms with Crippen LogP contribution in [0.25, 0.3) is 11.0 Å². The summed E-state index contributed by atoms with van der Waals surface area (Å²) in [5.74, 6) is -2.28. The van der Waals surface area contributed by atoms with Crippen LogP contribution in [-0.2, 0) is 25.5 Å². The van der Waals surface area contributed by atoms with E-state index >= 15 is 4.39 Å². The lowest BCUT2D eigenvalue weighted by atomic mass is 9.68. The number of anilines is 2. The predicted molar refractivity (Wildman–Crippen MR) is 110 cm³/mol. The van der Waals surface area contributed by atoms with Crippen molar-refractivity contribution in [2.45, 2.75) is 18.5 Å². The molecule has 3 saturated heterocycles. The number of nitrogens with one attached hydrogen (secondary N) is 2. The number of barbiturate groups is 1. The van der Waals surface area contributed by atoms with E-state index in [0.29, 0.717) is 5.56 Å². The monoisotopic (exact) mass is 474 g/mol. The lowest BCUT2D eigenvalue weighted by Crippen LogP contribution is -2.73. The molecule has 3 fully saturated rings. The first-order valence-corrected chi connectivity index (χ1v) is 10.6. The fraction of sp³-hybridized carbons (Fsp3) is 0.450. The molecule has 2 aromatic rings. The van der Waals surface area contributed by atoms with Crippen LogP contribution in [0.5, 0.6) is 0 Å². The zero-order chi connectivity index (χ0) is 23.8. The SMILES string of the molecule is NCC1COC(=O)N1c1noc2c(F)c3c(cc12)CC1(C(=O)NC(=O)NC1=O)C1COCCN31. The molecule has 4 N–H and O–H groups in total. The van der Waals surface area contributed by atoms with Gasteiger partial charge in [-0.05, 0) is 11.6 Å². The molecular formula is C20H19FN6O7. The van der Waals surface area contributed by atoms with E-state index in [1.165, 1.54) is 4.90 Å². The van der Waals surface area contributed by atoms with Gasteiger partial charge in [0, 0.05) is 19.5 Å². The molecule has 0 aliphatic carbocycles. The number of ether oxygens (including phenoxy) is 2. The van der Waals surface area contributed by atoms with E-state index in [0.717, 1.165) is 0 Å². The largest absolute Gasteiger partial charge is 0.447 e. The highest BCUT2D eigenvalue weighted by molar-refractivity contribution is 6.20. The summed E-state index contributed by atoms with van der Waals surface area (Å²) in [6.45, 7) is 0.548. The van der Waals surface area contributed by atoms with Gasteiger partial charge in [0.2, 0.25) is 17.4 Å². The van der Waals surface area contributed by atoms with Gasteiger partial charge < -0.3 is 24.6 Å². The maximum absolute atomic E-state index is 15.9. The summed E-state index contributed by atoms with van der Waals surface area (Å²) in [6, 6.07) is -0.747. The lowest BCUT2D eigenvalue weighted by Gasteiger charge is -2.51. The molecule has 2 atom stereocenters. The van der Waals surface area contributed by atoms with Crippen LogP contribution in [0.4, 0.5) is 25.5 Å². The van der Waals surface area contributed by atoms with Crippen molar-refractivity contribution in [3.05, 3.63) is 17.4 Å². The minimum atomic E-state index is -1.73. The molecule has 6 rings (SSSR count). The average molecular weight is 474 g/mol. The molecule has 4 aliphatic heterocycles. The number of aromatic nitrogens is 1. The highest BCUT2D eigenvalue weighted by Crippen LogP contribution is 2.48. The maximum atomic E-state index is 15.9. The molecule has 1 spiro atoms. The Balaban J connectivity index is 1.55. The fourth-order valence-electron chi connectivity index (χ4n) is 5.31. The zero-order valence-electron chi connectivity index (χ0n) is 17.6. The predicted octanol–water partition coefficient (Wildman–Crippen LogP) is -0.635. The van der Waals surface area contributed by atoms with Gasteiger partial charge in [-0.15, -0.1) is 0 Å². The Kier molecular flexibility index (Phi) is 4.35. The summed E-state index contributed by atoms with van der Waals surface area (Å²) >= 11 is 0. The Morgan fingerprint density at radius 3 is 2.71 bits per heavy atom. The smallest absolute Gasteiger partial charge is 0.416 e. The number of carbonyl (C=O) groups excluding carboxylic acids is 4. The van der Waals surface area contributed by atoms with E-state index < -0.39 is 47.3 Å². The Morgan fingerprint density at radius 1 is 1.21 bits per heavy atom. The maximum Gasteiger partial charge on any atom is 0.416 e. The van der Waals surface area contributed by atoms with Gasteiger partial charge in [-0.2, -0.15) is 0 Å². The number of cyclic esters (lactones) is 1. The van der Waals surface area contributed by atoms with Crippen molar-refractivity contribution in [3.63, 3.8) is 0 Å². The quantitative estimate of drug-likeness (QED) is 0.476. The summed E-state index contributed by atoms with van der Waals surface area (Å²) in [5, 5.41) is 8.40. The number of benzene rings is 1. The van der Waals surface area contributed by atoms with E-state index in [2.05, 4.69) is 15.8 Å². The lowest BCUT2D eigenvalue weighted by molar-refractivity contribution is -0.148. The Morgan fingerprint density at radius 2 is 1.97 bits per heavy atom. The number of urea groups is 1. The third-order valence-corrected chi connectivity index (χ3v) is 6.92. The molecule has 0 saturated carbocycles. The number of amides is 5. The van der Waals surface area contributed by atoms with Crippen molar-refractivity contribution in [1.29, 1.82) is 0 Å². The Hall–Kier alpha value is -3.78. The average Bonchev–Trinajstić information content (AvgIpc) is 3.39. The van der Waals surface area contributed by atoms with Crippen LogP contribution >= 0.6 is 0 Å². The van der Waals surface area contributed by atoms with Crippen LogP contribution < -0.4 is 26.2 Å². The number of halogens is 1. The van der Waals surface area contributed by atoms with Crippen LogP contribution in [0.15, 0.2) is 10.6 Å². The number of hydrogen-bond donors (Lipinski definition) is 3. The number of hydrogen-bond acceptors (Lipinski definition) is 10. The Bertz CT molecular complexity index is 1260. The molecule has 5 heterocycles. The van der Waals surface area contributed by atoms with Crippen LogP contribution in [0.1, 0.15) is 5.56 Å². The molecule has 2 unspecified atom stereocenters. The molecule has 13 nitrogen and oxygen atoms in total. The highest BCUT2D eigenvalue weighted by atomic mass is 19.1. The first-order valence-electron chi connectivity index (χ1n) is 10.6. The third-order valence-electron chi connectivity index (χ3n) is 6.92. The molecule has 4 aliphatic rings. The number of carbonyl (C=O) groups is 4. The second-order valence-electron chi connectivity index (χ2n) is 8.59. The number of nitrogens with zero attached hydrogens (tertiary/aromatic N) is 3. The van der Waals surface area contributed by atoms with Gasteiger partial charge in [0.05, 0.1) is 36.4 Å². The second-order valence-corrected chi connectivity index (χ2v) is 8.59. The number of fused-ring (bicyclic) bond motifs is 5. The van der Waals surface area contributed by atoms with Crippen LogP contribution in [0, 0.1) is 11.2 Å². The first-order chi connectivity index (χ1) is 16.4. The van der Waals surface area contributed by atoms with Gasteiger partial charge in [0.1, 0.15) is 6.61 Å². The molecule has 5 amide bonds. The van der Waals surface area contributed by atoms with Crippen molar-refractivity contribution in [2.24, 2.45) is 11.1 Å². The summed E-state index contributed by atoms with van der Waals surface area (Å²) in [7, 11) is 0. The standard InChI is InChI=1S/C20H19FN6O7/c21-12-13-8(3-10-14(12)34-25-15(10)27-9(5-22)6-33-19(27)31)4-20(11-7-32-2-1-26(11)13)16(28)23-18(30)24-17(20)29/h3,9,11H,1-2,4-7,22H2,(H2,23,24,28,29,30). The van der Waals surface area contributed by atoms with Crippen molar-refractivity contribution < 1.29 is 37.6 Å². The number of rotatable bonds is 2. The van der Waals surface area contributed by atoms with E-state index in [9.17, 15) is 19.2 Å². The fourth-order valence-corrected chi connectivity index (χ4v) is 5.31. The van der Waals surface area contributed by atoms with Gasteiger partial charge in [-0.25, -0.2) is 14.0 Å². The van der Waals surface area contributed by atoms with Gasteiger partial charge in [0.25, 0.3) is 0 Å². The minimum Gasteiger partial charge on any atom is -0.447 e. The second kappa shape index (κ2) is 7.11. The summed E-state index contributed by atoms with van der Waals surface area (Å²) in [4.78, 5) is 53.0. The third kappa shape index (κ3) is 2.57. The molecular weight excluding hydrogens is 455 g/mol.